The highest BCUT2D eigenvalue weighted by molar-refractivity contribution is 6.05. The highest BCUT2D eigenvalue weighted by atomic mass is 16.7. The Morgan fingerprint density at radius 2 is 2.12 bits per heavy atom. The fourth-order valence-corrected chi connectivity index (χ4v) is 3.12. The van der Waals surface area contributed by atoms with Crippen LogP contribution in [-0.2, 0) is 14.2 Å². The number of hydrogen-bond donors (Lipinski definition) is 2. The van der Waals surface area contributed by atoms with Gasteiger partial charge >= 0.3 is 5.97 Å². The zero-order chi connectivity index (χ0) is 17.6. The van der Waals surface area contributed by atoms with Crippen molar-refractivity contribution in [2.45, 2.75) is 37.6 Å². The first-order valence-electron chi connectivity index (χ1n) is 8.09. The normalized spacial score (nSPS) is 34.8. The van der Waals surface area contributed by atoms with Crippen molar-refractivity contribution in [3.05, 3.63) is 47.6 Å². The summed E-state index contributed by atoms with van der Waals surface area (Å²) in [4.78, 5) is 12.2. The molecule has 0 bridgehead atoms. The largest absolute Gasteiger partial charge is 0.461 e. The SMILES string of the molecule is C/C=C/C=C1\OC(=O)c2c(OC3OC(CO)[C@H]4O[C@@H]4C3O)cccc21. The zero-order valence-electron chi connectivity index (χ0n) is 13.5. The molecule has 2 fully saturated rings. The van der Waals surface area contributed by atoms with Crippen molar-refractivity contribution in [2.24, 2.45) is 0 Å². The molecular formula is C18H18O7. The Morgan fingerprint density at radius 3 is 2.88 bits per heavy atom. The number of aliphatic hydroxyl groups is 2. The number of epoxide rings is 1. The number of cyclic esters (lactones) is 1. The zero-order valence-corrected chi connectivity index (χ0v) is 13.5. The number of allylic oxidation sites excluding steroid dienone is 3. The van der Waals surface area contributed by atoms with E-state index in [0.717, 1.165) is 0 Å². The highest BCUT2D eigenvalue weighted by Crippen LogP contribution is 2.40. The molecule has 2 saturated heterocycles. The number of hydrogen-bond acceptors (Lipinski definition) is 7. The summed E-state index contributed by atoms with van der Waals surface area (Å²) < 4.78 is 21.9. The van der Waals surface area contributed by atoms with Crippen LogP contribution < -0.4 is 4.74 Å². The lowest BCUT2D eigenvalue weighted by atomic mass is 10.1. The number of carbonyl (C=O) groups excluding carboxylic acids is 1. The maximum atomic E-state index is 12.2. The predicted octanol–water partition coefficient (Wildman–Crippen LogP) is 0.998. The minimum Gasteiger partial charge on any atom is -0.461 e. The van der Waals surface area contributed by atoms with Crippen LogP contribution in [0.2, 0.25) is 0 Å². The molecule has 0 aliphatic carbocycles. The van der Waals surface area contributed by atoms with Crippen LogP contribution in [0.3, 0.4) is 0 Å². The van der Waals surface area contributed by atoms with Crippen LogP contribution in [0.25, 0.3) is 5.76 Å². The molecule has 3 heterocycles. The molecule has 0 spiro atoms. The van der Waals surface area contributed by atoms with E-state index in [4.69, 9.17) is 18.9 Å². The molecule has 0 radical (unpaired) electrons. The minimum absolute atomic E-state index is 0.237. The summed E-state index contributed by atoms with van der Waals surface area (Å²) in [5, 5.41) is 19.6. The van der Waals surface area contributed by atoms with Crippen molar-refractivity contribution in [1.82, 2.24) is 0 Å². The Bertz CT molecular complexity index is 754. The van der Waals surface area contributed by atoms with E-state index in [0.29, 0.717) is 11.3 Å². The fraction of sp³-hybridized carbons (Fsp3) is 0.389. The first kappa shape index (κ1) is 16.3. The topological polar surface area (TPSA) is 97.8 Å². The summed E-state index contributed by atoms with van der Waals surface area (Å²) >= 11 is 0. The first-order valence-corrected chi connectivity index (χ1v) is 8.09. The van der Waals surface area contributed by atoms with Gasteiger partial charge in [0.25, 0.3) is 0 Å². The molecule has 1 aromatic carbocycles. The Balaban J connectivity index is 1.62. The summed E-state index contributed by atoms with van der Waals surface area (Å²) in [6.07, 6.45) is 1.95. The summed E-state index contributed by atoms with van der Waals surface area (Å²) in [6, 6.07) is 5.11. The minimum atomic E-state index is -1.04. The van der Waals surface area contributed by atoms with Gasteiger partial charge in [0, 0.05) is 5.56 Å². The van der Waals surface area contributed by atoms with Gasteiger partial charge in [-0.2, -0.15) is 0 Å². The third-order valence-corrected chi connectivity index (χ3v) is 4.41. The van der Waals surface area contributed by atoms with Gasteiger partial charge in [-0.1, -0.05) is 24.3 Å². The third kappa shape index (κ3) is 2.75. The van der Waals surface area contributed by atoms with Crippen LogP contribution in [0.15, 0.2) is 36.4 Å². The summed E-state index contributed by atoms with van der Waals surface area (Å²) in [6.45, 7) is 1.62. The highest BCUT2D eigenvalue weighted by Gasteiger charge is 2.58. The lowest BCUT2D eigenvalue weighted by Crippen LogP contribution is -2.49. The second-order valence-corrected chi connectivity index (χ2v) is 6.02. The van der Waals surface area contributed by atoms with Gasteiger partial charge in [0.2, 0.25) is 6.29 Å². The number of carbonyl (C=O) groups is 1. The van der Waals surface area contributed by atoms with Gasteiger partial charge in [-0.3, -0.25) is 0 Å². The third-order valence-electron chi connectivity index (χ3n) is 4.41. The number of benzene rings is 1. The molecular weight excluding hydrogens is 328 g/mol. The van der Waals surface area contributed by atoms with Crippen LogP contribution in [0.1, 0.15) is 22.8 Å². The van der Waals surface area contributed by atoms with Gasteiger partial charge in [0.1, 0.15) is 41.5 Å². The number of fused-ring (bicyclic) bond motifs is 2. The summed E-state index contributed by atoms with van der Waals surface area (Å²) in [5.74, 6) is 0.171. The second kappa shape index (κ2) is 6.27. The van der Waals surface area contributed by atoms with E-state index < -0.39 is 30.6 Å². The quantitative estimate of drug-likeness (QED) is 0.620. The molecule has 7 heteroatoms. The summed E-state index contributed by atoms with van der Waals surface area (Å²) in [5.41, 5.74) is 0.901. The molecule has 25 heavy (non-hydrogen) atoms. The van der Waals surface area contributed by atoms with Crippen molar-refractivity contribution in [2.75, 3.05) is 6.61 Å². The molecule has 7 nitrogen and oxygen atoms in total. The predicted molar refractivity (Wildman–Crippen MR) is 85.7 cm³/mol. The molecule has 3 aliphatic rings. The van der Waals surface area contributed by atoms with Crippen LogP contribution >= 0.6 is 0 Å². The van der Waals surface area contributed by atoms with Gasteiger partial charge in [-0.15, -0.1) is 0 Å². The molecule has 1 aromatic rings. The van der Waals surface area contributed by atoms with E-state index in [9.17, 15) is 15.0 Å². The molecule has 132 valence electrons. The Hall–Kier alpha value is -2.19. The number of esters is 1. The number of aliphatic hydroxyl groups excluding tert-OH is 2. The van der Waals surface area contributed by atoms with Crippen LogP contribution in [-0.4, -0.2) is 53.5 Å². The molecule has 0 saturated carbocycles. The van der Waals surface area contributed by atoms with Gasteiger partial charge in [-0.25, -0.2) is 4.79 Å². The van der Waals surface area contributed by atoms with E-state index in [1.165, 1.54) is 0 Å². The standard InChI is InChI=1S/C18H18O7/c1-2-3-6-10-9-5-4-7-11(13(9)17(21)22-10)23-18-14(20)16-15(25-16)12(8-19)24-18/h2-7,12,14-16,18-20H,8H2,1H3/b3-2+,10-6-/t12?,14?,15-,16-,18?/m1/s1. The molecule has 4 rings (SSSR count). The van der Waals surface area contributed by atoms with Gasteiger partial charge < -0.3 is 29.2 Å². The van der Waals surface area contributed by atoms with Crippen molar-refractivity contribution in [3.63, 3.8) is 0 Å². The average Bonchev–Trinajstić information content (AvgIpc) is 3.35. The summed E-state index contributed by atoms with van der Waals surface area (Å²) in [7, 11) is 0. The monoisotopic (exact) mass is 346 g/mol. The van der Waals surface area contributed by atoms with Gasteiger partial charge in [0.15, 0.2) is 0 Å². The smallest absolute Gasteiger partial charge is 0.348 e. The maximum Gasteiger partial charge on any atom is 0.348 e. The van der Waals surface area contributed by atoms with Crippen molar-refractivity contribution >= 4 is 11.7 Å². The molecule has 5 atom stereocenters. The van der Waals surface area contributed by atoms with Gasteiger partial charge in [-0.05, 0) is 19.1 Å². The second-order valence-electron chi connectivity index (χ2n) is 6.02. The van der Waals surface area contributed by atoms with Crippen molar-refractivity contribution < 1.29 is 34.0 Å². The van der Waals surface area contributed by atoms with Crippen LogP contribution in [0, 0.1) is 0 Å². The number of ether oxygens (including phenoxy) is 4. The van der Waals surface area contributed by atoms with E-state index in [1.54, 1.807) is 30.4 Å². The average molecular weight is 346 g/mol. The molecule has 3 unspecified atom stereocenters. The van der Waals surface area contributed by atoms with E-state index >= 15 is 0 Å². The Morgan fingerprint density at radius 1 is 1.28 bits per heavy atom. The van der Waals surface area contributed by atoms with Crippen LogP contribution in [0.5, 0.6) is 5.75 Å². The van der Waals surface area contributed by atoms with Crippen molar-refractivity contribution in [3.8, 4) is 5.75 Å². The fourth-order valence-electron chi connectivity index (χ4n) is 3.12. The molecule has 3 aliphatic heterocycles. The molecule has 0 aromatic heterocycles. The number of rotatable bonds is 4. The van der Waals surface area contributed by atoms with E-state index in [2.05, 4.69) is 0 Å². The van der Waals surface area contributed by atoms with Crippen LogP contribution in [0.4, 0.5) is 0 Å². The van der Waals surface area contributed by atoms with Gasteiger partial charge in [0.05, 0.1) is 6.61 Å². The molecule has 2 N–H and O–H groups in total. The lowest BCUT2D eigenvalue weighted by Gasteiger charge is -2.30. The van der Waals surface area contributed by atoms with E-state index in [1.807, 2.05) is 13.0 Å². The molecule has 0 amide bonds. The first-order chi connectivity index (χ1) is 12.1. The van der Waals surface area contributed by atoms with E-state index in [-0.39, 0.29) is 24.0 Å². The van der Waals surface area contributed by atoms with Crippen molar-refractivity contribution in [1.29, 1.82) is 0 Å². The Labute approximate surface area is 144 Å². The Kier molecular flexibility index (Phi) is 4.09. The lowest BCUT2D eigenvalue weighted by molar-refractivity contribution is -0.196. The maximum absolute atomic E-state index is 12.2.